The molecule has 2 aromatic heterocycles. The van der Waals surface area contributed by atoms with Gasteiger partial charge in [-0.15, -0.1) is 10.2 Å². The molecule has 0 bridgehead atoms. The van der Waals surface area contributed by atoms with Crippen molar-refractivity contribution in [3.05, 3.63) is 92.8 Å². The molecule has 4 aromatic rings. The van der Waals surface area contributed by atoms with Gasteiger partial charge in [0.2, 0.25) is 5.01 Å². The topological polar surface area (TPSA) is 106 Å². The summed E-state index contributed by atoms with van der Waals surface area (Å²) >= 11 is 1.16. The van der Waals surface area contributed by atoms with E-state index in [0.717, 1.165) is 34.0 Å². The first-order valence-electron chi connectivity index (χ1n) is 10.6. The van der Waals surface area contributed by atoms with Gasteiger partial charge in [0.05, 0.1) is 6.54 Å². The zero-order chi connectivity index (χ0) is 24.1. The van der Waals surface area contributed by atoms with Crippen LogP contribution in [0.2, 0.25) is 0 Å². The summed E-state index contributed by atoms with van der Waals surface area (Å²) in [6, 6.07) is 16.3. The SMILES string of the molecule is Cc1cc(C)cc(OCc2nnc(C(=O)Nc3cccc(C(=O)NCc4ccc(C)o4)c3)s2)c1. The van der Waals surface area contributed by atoms with Crippen LogP contribution in [0.15, 0.2) is 59.0 Å². The number of anilines is 1. The first-order chi connectivity index (χ1) is 16.4. The van der Waals surface area contributed by atoms with Crippen LogP contribution < -0.4 is 15.4 Å². The molecule has 2 N–H and O–H groups in total. The molecular formula is C25H24N4O4S. The van der Waals surface area contributed by atoms with Gasteiger partial charge in [-0.3, -0.25) is 9.59 Å². The molecule has 0 saturated heterocycles. The van der Waals surface area contributed by atoms with Crippen molar-refractivity contribution in [3.8, 4) is 5.75 Å². The van der Waals surface area contributed by atoms with Gasteiger partial charge < -0.3 is 19.8 Å². The Bertz CT molecular complexity index is 1310. The lowest BCUT2D eigenvalue weighted by molar-refractivity contribution is 0.0946. The molecule has 4 rings (SSSR count). The van der Waals surface area contributed by atoms with Gasteiger partial charge in [0, 0.05) is 11.3 Å². The van der Waals surface area contributed by atoms with Gasteiger partial charge in [-0.1, -0.05) is 23.5 Å². The Kier molecular flexibility index (Phi) is 7.03. The summed E-state index contributed by atoms with van der Waals surface area (Å²) in [7, 11) is 0. The van der Waals surface area contributed by atoms with Crippen molar-refractivity contribution in [2.45, 2.75) is 33.9 Å². The van der Waals surface area contributed by atoms with Crippen LogP contribution in [0.25, 0.3) is 0 Å². The summed E-state index contributed by atoms with van der Waals surface area (Å²) < 4.78 is 11.2. The van der Waals surface area contributed by atoms with Crippen molar-refractivity contribution in [2.75, 3.05) is 5.32 Å². The summed E-state index contributed by atoms with van der Waals surface area (Å²) in [6.45, 7) is 6.35. The molecule has 0 radical (unpaired) electrons. The van der Waals surface area contributed by atoms with Gasteiger partial charge >= 0.3 is 0 Å². The molecule has 34 heavy (non-hydrogen) atoms. The number of carbonyl (C=O) groups excluding carboxylic acids is 2. The van der Waals surface area contributed by atoms with E-state index in [1.54, 1.807) is 24.3 Å². The highest BCUT2D eigenvalue weighted by Crippen LogP contribution is 2.20. The maximum absolute atomic E-state index is 12.6. The van der Waals surface area contributed by atoms with Gasteiger partial charge in [-0.2, -0.15) is 0 Å². The average Bonchev–Trinajstić information content (AvgIpc) is 3.44. The molecule has 2 amide bonds. The van der Waals surface area contributed by atoms with Crippen LogP contribution in [0.5, 0.6) is 5.75 Å². The fraction of sp³-hybridized carbons (Fsp3) is 0.200. The van der Waals surface area contributed by atoms with Crippen molar-refractivity contribution in [1.82, 2.24) is 15.5 Å². The zero-order valence-corrected chi connectivity index (χ0v) is 19.9. The van der Waals surface area contributed by atoms with Gasteiger partial charge in [-0.05, 0) is 74.4 Å². The predicted octanol–water partition coefficient (Wildman–Crippen LogP) is 4.82. The van der Waals surface area contributed by atoms with Crippen molar-refractivity contribution >= 4 is 28.8 Å². The maximum Gasteiger partial charge on any atom is 0.286 e. The van der Waals surface area contributed by atoms with Crippen LogP contribution in [0.1, 0.15) is 47.8 Å². The number of ether oxygens (including phenoxy) is 1. The van der Waals surface area contributed by atoms with Gasteiger partial charge in [0.25, 0.3) is 11.8 Å². The fourth-order valence-electron chi connectivity index (χ4n) is 3.34. The summed E-state index contributed by atoms with van der Waals surface area (Å²) in [5.74, 6) is 1.52. The van der Waals surface area contributed by atoms with E-state index in [2.05, 4.69) is 26.9 Å². The minimum atomic E-state index is -0.404. The molecule has 0 spiro atoms. The fourth-order valence-corrected chi connectivity index (χ4v) is 3.99. The first kappa shape index (κ1) is 23.2. The number of nitrogens with zero attached hydrogens (tertiary/aromatic N) is 2. The first-order valence-corrected chi connectivity index (χ1v) is 11.5. The van der Waals surface area contributed by atoms with Crippen molar-refractivity contribution in [3.63, 3.8) is 0 Å². The smallest absolute Gasteiger partial charge is 0.286 e. The minimum Gasteiger partial charge on any atom is -0.486 e. The summed E-state index contributed by atoms with van der Waals surface area (Å²) in [5.41, 5.74) is 3.12. The van der Waals surface area contributed by atoms with Crippen molar-refractivity contribution < 1.29 is 18.7 Å². The third kappa shape index (κ3) is 6.08. The molecule has 0 atom stereocenters. The van der Waals surface area contributed by atoms with Gasteiger partial charge in [-0.25, -0.2) is 0 Å². The van der Waals surface area contributed by atoms with Crippen molar-refractivity contribution in [1.29, 1.82) is 0 Å². The standard InChI is InChI=1S/C25H24N4O4S/c1-15-9-16(2)11-21(10-15)32-14-22-28-29-25(34-22)24(31)27-19-6-4-5-18(12-19)23(30)26-13-20-8-7-17(3)33-20/h4-12H,13-14H2,1-3H3,(H,26,30)(H,27,31). The zero-order valence-electron chi connectivity index (χ0n) is 19.0. The summed E-state index contributed by atoms with van der Waals surface area (Å²) in [6.07, 6.45) is 0. The van der Waals surface area contributed by atoms with E-state index in [1.165, 1.54) is 0 Å². The Morgan fingerprint density at radius 2 is 1.76 bits per heavy atom. The second kappa shape index (κ2) is 10.3. The third-order valence-corrected chi connectivity index (χ3v) is 5.72. The molecule has 2 heterocycles. The largest absolute Gasteiger partial charge is 0.486 e. The van der Waals surface area contributed by atoms with Crippen LogP contribution in [0.4, 0.5) is 5.69 Å². The number of hydrogen-bond acceptors (Lipinski definition) is 7. The molecule has 0 aliphatic rings. The molecule has 2 aromatic carbocycles. The van der Waals surface area contributed by atoms with E-state index >= 15 is 0 Å². The minimum absolute atomic E-state index is 0.210. The van der Waals surface area contributed by atoms with Gasteiger partial charge in [0.15, 0.2) is 5.01 Å². The highest BCUT2D eigenvalue weighted by molar-refractivity contribution is 7.13. The Hall–Kier alpha value is -3.98. The van der Waals surface area contributed by atoms with Crippen molar-refractivity contribution in [2.24, 2.45) is 0 Å². The molecule has 174 valence electrons. The predicted molar refractivity (Wildman–Crippen MR) is 129 cm³/mol. The number of hydrogen-bond donors (Lipinski definition) is 2. The van der Waals surface area contributed by atoms with E-state index in [0.29, 0.717) is 22.0 Å². The molecule has 0 aliphatic carbocycles. The second-order valence-corrected chi connectivity index (χ2v) is 8.91. The van der Waals surface area contributed by atoms with E-state index in [4.69, 9.17) is 9.15 Å². The highest BCUT2D eigenvalue weighted by Gasteiger charge is 2.15. The Labute approximate surface area is 201 Å². The number of carbonyl (C=O) groups is 2. The molecule has 0 aliphatic heterocycles. The molecular weight excluding hydrogens is 452 g/mol. The lowest BCUT2D eigenvalue weighted by Crippen LogP contribution is -2.22. The quantitative estimate of drug-likeness (QED) is 0.378. The highest BCUT2D eigenvalue weighted by atomic mass is 32.1. The Balaban J connectivity index is 1.33. The molecule has 0 unspecified atom stereocenters. The van der Waals surface area contributed by atoms with E-state index in [9.17, 15) is 9.59 Å². The number of aromatic nitrogens is 2. The number of aryl methyl sites for hydroxylation is 3. The van der Waals surface area contributed by atoms with Crippen LogP contribution in [-0.4, -0.2) is 22.0 Å². The summed E-state index contributed by atoms with van der Waals surface area (Å²) in [5, 5.41) is 14.4. The Morgan fingerprint density at radius 3 is 2.50 bits per heavy atom. The molecule has 8 nitrogen and oxygen atoms in total. The van der Waals surface area contributed by atoms with E-state index in [1.807, 2.05) is 45.0 Å². The van der Waals surface area contributed by atoms with Crippen LogP contribution in [0, 0.1) is 20.8 Å². The number of benzene rings is 2. The number of rotatable bonds is 8. The average molecular weight is 477 g/mol. The van der Waals surface area contributed by atoms with Crippen LogP contribution >= 0.6 is 11.3 Å². The number of furan rings is 1. The van der Waals surface area contributed by atoms with Gasteiger partial charge in [0.1, 0.15) is 23.9 Å². The normalized spacial score (nSPS) is 10.7. The maximum atomic E-state index is 12.6. The third-order valence-electron chi connectivity index (χ3n) is 4.82. The lowest BCUT2D eigenvalue weighted by Gasteiger charge is -2.07. The van der Waals surface area contributed by atoms with Crippen LogP contribution in [-0.2, 0) is 13.2 Å². The van der Waals surface area contributed by atoms with E-state index in [-0.39, 0.29) is 24.1 Å². The molecule has 0 saturated carbocycles. The molecule has 0 fully saturated rings. The van der Waals surface area contributed by atoms with E-state index < -0.39 is 5.91 Å². The Morgan fingerprint density at radius 1 is 0.971 bits per heavy atom. The lowest BCUT2D eigenvalue weighted by atomic mass is 10.1. The number of nitrogens with one attached hydrogen (secondary N) is 2. The van der Waals surface area contributed by atoms with Crippen LogP contribution in [0.3, 0.4) is 0 Å². The second-order valence-electron chi connectivity index (χ2n) is 7.84. The monoisotopic (exact) mass is 476 g/mol. The summed E-state index contributed by atoms with van der Waals surface area (Å²) in [4.78, 5) is 25.1. The number of amides is 2. The molecule has 9 heteroatoms.